The van der Waals surface area contributed by atoms with E-state index in [-0.39, 0.29) is 51.4 Å². The largest absolute Gasteiger partial charge is 0.497 e. The molecule has 5 aliphatic rings. The Morgan fingerprint density at radius 2 is 1.57 bits per heavy atom. The Labute approximate surface area is 319 Å². The van der Waals surface area contributed by atoms with E-state index in [1.54, 1.807) is 21.0 Å². The zero-order valence-corrected chi connectivity index (χ0v) is 34.6. The number of carboxylic acids is 1. The molecule has 0 aromatic heterocycles. The molecule has 4 unspecified atom stereocenters. The lowest BCUT2D eigenvalue weighted by Gasteiger charge is -2.76. The highest BCUT2D eigenvalue weighted by molar-refractivity contribution is 5.84. The van der Waals surface area contributed by atoms with Crippen LogP contribution in [0.2, 0.25) is 0 Å². The fourth-order valence-electron chi connectivity index (χ4n) is 14.5. The standard InChI is InChI=1S/C46H69NO6/c1-12-46-24-19-34-42(8)21-20-35(53-36(48)27-40(4,5)39(50)51)41(6,7)33(42)18-22-43(34,9)44(46,10)25-26-45(23-17-32(29(2)3)37(45)46)38(49)47-28-30-13-15-31(52-11)16-14-30/h13-16,32-35,37H,2,12,17-28H2,1,3-11H3,(H,47,49)(H,50,51)/t32-,33?,34?,35-,37?,42?,43+,44-,45-,46+/m0/s1. The smallest absolute Gasteiger partial charge is 0.309 e. The van der Waals surface area contributed by atoms with Gasteiger partial charge in [0.2, 0.25) is 5.91 Å². The van der Waals surface area contributed by atoms with Crippen molar-refractivity contribution in [2.75, 3.05) is 7.11 Å². The van der Waals surface area contributed by atoms with E-state index in [1.165, 1.54) is 5.57 Å². The lowest BCUT2D eigenvalue weighted by Crippen LogP contribution is -2.71. The number of amides is 1. The number of fused-ring (bicyclic) bond motifs is 7. The van der Waals surface area contributed by atoms with Crippen molar-refractivity contribution in [3.05, 3.63) is 42.0 Å². The second-order valence-corrected chi connectivity index (χ2v) is 20.3. The third kappa shape index (κ3) is 5.81. The Morgan fingerprint density at radius 3 is 2.17 bits per heavy atom. The van der Waals surface area contributed by atoms with Gasteiger partial charge in [0.25, 0.3) is 0 Å². The monoisotopic (exact) mass is 732 g/mol. The van der Waals surface area contributed by atoms with Crippen LogP contribution in [-0.4, -0.2) is 36.2 Å². The molecule has 0 bridgehead atoms. The number of nitrogens with one attached hydrogen (secondary N) is 1. The lowest BCUT2D eigenvalue weighted by atomic mass is 9.28. The molecule has 0 heterocycles. The first-order valence-electron chi connectivity index (χ1n) is 20.7. The van der Waals surface area contributed by atoms with Crippen LogP contribution >= 0.6 is 0 Å². The van der Waals surface area contributed by atoms with Crippen LogP contribution in [0.25, 0.3) is 0 Å². The van der Waals surface area contributed by atoms with Crippen LogP contribution in [0.4, 0.5) is 0 Å². The average molecular weight is 732 g/mol. The van der Waals surface area contributed by atoms with E-state index in [0.29, 0.717) is 24.3 Å². The summed E-state index contributed by atoms with van der Waals surface area (Å²) in [5, 5.41) is 13.1. The fraction of sp³-hybridized carbons (Fsp3) is 0.761. The molecule has 5 fully saturated rings. The third-order valence-electron chi connectivity index (χ3n) is 17.6. The molecule has 1 aromatic rings. The van der Waals surface area contributed by atoms with Crippen LogP contribution in [0.3, 0.4) is 0 Å². The number of hydrogen-bond donors (Lipinski definition) is 2. The second kappa shape index (κ2) is 13.4. The Morgan fingerprint density at radius 1 is 0.906 bits per heavy atom. The molecule has 5 aliphatic carbocycles. The summed E-state index contributed by atoms with van der Waals surface area (Å²) < 4.78 is 11.6. The molecule has 7 nitrogen and oxygen atoms in total. The maximum atomic E-state index is 14.8. The van der Waals surface area contributed by atoms with Gasteiger partial charge >= 0.3 is 11.9 Å². The average Bonchev–Trinajstić information content (AvgIpc) is 3.51. The molecule has 0 aliphatic heterocycles. The molecule has 6 rings (SSSR count). The van der Waals surface area contributed by atoms with Crippen molar-refractivity contribution in [3.8, 4) is 5.75 Å². The van der Waals surface area contributed by atoms with Gasteiger partial charge in [0.05, 0.1) is 24.4 Å². The van der Waals surface area contributed by atoms with E-state index in [0.717, 1.165) is 81.9 Å². The SMILES string of the molecule is C=C(C)[C@@H]1CC[C@]2(C(=O)NCc3ccc(OC)cc3)CC[C@]3(C)[C@](CC)(CCC4C5(C)CC[C@H](OC(=O)CC(C)(C)C(=O)O)C(C)(C)C5CC[C@]43C)C12. The summed E-state index contributed by atoms with van der Waals surface area (Å²) in [6, 6.07) is 8.02. The van der Waals surface area contributed by atoms with Crippen molar-refractivity contribution in [2.45, 2.75) is 152 Å². The second-order valence-electron chi connectivity index (χ2n) is 20.3. The number of allylic oxidation sites excluding steroid dienone is 1. The van der Waals surface area contributed by atoms with E-state index < -0.39 is 22.8 Å². The number of hydrogen-bond acceptors (Lipinski definition) is 5. The van der Waals surface area contributed by atoms with Gasteiger partial charge in [-0.1, -0.05) is 65.8 Å². The van der Waals surface area contributed by atoms with Crippen molar-refractivity contribution in [1.29, 1.82) is 0 Å². The highest BCUT2D eigenvalue weighted by atomic mass is 16.5. The highest BCUT2D eigenvalue weighted by Gasteiger charge is 2.76. The van der Waals surface area contributed by atoms with Crippen LogP contribution in [-0.2, 0) is 25.7 Å². The summed E-state index contributed by atoms with van der Waals surface area (Å²) in [7, 11) is 1.67. The Balaban J connectivity index is 1.29. The number of aliphatic carboxylic acids is 1. The molecule has 0 saturated heterocycles. The molecule has 2 N–H and O–H groups in total. The van der Waals surface area contributed by atoms with Crippen LogP contribution in [0.5, 0.6) is 5.75 Å². The van der Waals surface area contributed by atoms with Crippen molar-refractivity contribution < 1.29 is 29.0 Å². The highest BCUT2D eigenvalue weighted by Crippen LogP contribution is 2.82. The zero-order valence-electron chi connectivity index (χ0n) is 34.6. The molecule has 7 heteroatoms. The van der Waals surface area contributed by atoms with Gasteiger partial charge < -0.3 is 19.9 Å². The van der Waals surface area contributed by atoms with Crippen molar-refractivity contribution in [1.82, 2.24) is 5.32 Å². The van der Waals surface area contributed by atoms with Crippen LogP contribution in [0.15, 0.2) is 36.4 Å². The normalized spacial score (nSPS) is 40.1. The number of ether oxygens (including phenoxy) is 2. The summed E-state index contributed by atoms with van der Waals surface area (Å²) >= 11 is 0. The van der Waals surface area contributed by atoms with E-state index in [2.05, 4.69) is 60.4 Å². The number of benzene rings is 1. The Bertz CT molecular complexity index is 1610. The topological polar surface area (TPSA) is 102 Å². The quantitative estimate of drug-likeness (QED) is 0.184. The van der Waals surface area contributed by atoms with Crippen molar-refractivity contribution >= 4 is 17.8 Å². The first-order chi connectivity index (χ1) is 24.7. The van der Waals surface area contributed by atoms with Crippen molar-refractivity contribution in [3.63, 3.8) is 0 Å². The van der Waals surface area contributed by atoms with Gasteiger partial charge in [-0.25, -0.2) is 0 Å². The fourth-order valence-corrected chi connectivity index (χ4v) is 14.5. The molecule has 53 heavy (non-hydrogen) atoms. The minimum absolute atomic E-state index is 0.0243. The molecule has 1 amide bonds. The molecule has 5 saturated carbocycles. The maximum Gasteiger partial charge on any atom is 0.309 e. The van der Waals surface area contributed by atoms with Gasteiger partial charge in [0.1, 0.15) is 11.9 Å². The van der Waals surface area contributed by atoms with E-state index in [1.807, 2.05) is 24.3 Å². The number of esters is 1. The third-order valence-corrected chi connectivity index (χ3v) is 17.6. The van der Waals surface area contributed by atoms with Crippen LogP contribution in [0, 0.1) is 61.6 Å². The summed E-state index contributed by atoms with van der Waals surface area (Å²) in [4.78, 5) is 39.7. The summed E-state index contributed by atoms with van der Waals surface area (Å²) in [6.45, 7) is 25.4. The summed E-state index contributed by atoms with van der Waals surface area (Å²) in [5.41, 5.74) is 0.829. The van der Waals surface area contributed by atoms with Crippen molar-refractivity contribution in [2.24, 2.45) is 61.6 Å². The summed E-state index contributed by atoms with van der Waals surface area (Å²) in [6.07, 6.45) is 11.0. The zero-order chi connectivity index (χ0) is 39.0. The van der Waals surface area contributed by atoms with Crippen LogP contribution < -0.4 is 10.1 Å². The van der Waals surface area contributed by atoms with Gasteiger partial charge in [-0.2, -0.15) is 0 Å². The van der Waals surface area contributed by atoms with Gasteiger partial charge in [0, 0.05) is 12.0 Å². The first-order valence-corrected chi connectivity index (χ1v) is 20.7. The van der Waals surface area contributed by atoms with Gasteiger partial charge in [-0.15, -0.1) is 0 Å². The molecule has 294 valence electrons. The van der Waals surface area contributed by atoms with E-state index >= 15 is 0 Å². The lowest BCUT2D eigenvalue weighted by molar-refractivity contribution is -0.281. The number of carbonyl (C=O) groups is 3. The Hall–Kier alpha value is -2.83. The Kier molecular flexibility index (Phi) is 10.1. The number of carboxylic acid groups (broad SMARTS) is 1. The minimum Gasteiger partial charge on any atom is -0.497 e. The molecular formula is C46H69NO6. The minimum atomic E-state index is -1.16. The molecule has 10 atom stereocenters. The molecular weight excluding hydrogens is 663 g/mol. The predicted molar refractivity (Wildman–Crippen MR) is 209 cm³/mol. The maximum absolute atomic E-state index is 14.8. The van der Waals surface area contributed by atoms with Crippen LogP contribution in [0.1, 0.15) is 145 Å². The number of carbonyl (C=O) groups excluding carboxylic acids is 2. The molecule has 0 spiro atoms. The number of rotatable bonds is 10. The van der Waals surface area contributed by atoms with Gasteiger partial charge in [-0.05, 0) is 154 Å². The van der Waals surface area contributed by atoms with Gasteiger partial charge in [-0.3, -0.25) is 14.4 Å². The number of methoxy groups -OCH3 is 1. The van der Waals surface area contributed by atoms with E-state index in [9.17, 15) is 19.5 Å². The predicted octanol–water partition coefficient (Wildman–Crippen LogP) is 10.2. The molecule has 0 radical (unpaired) electrons. The van der Waals surface area contributed by atoms with Gasteiger partial charge in [0.15, 0.2) is 0 Å². The van der Waals surface area contributed by atoms with E-state index in [4.69, 9.17) is 9.47 Å². The first kappa shape index (κ1) is 39.9. The molecule has 1 aromatic carbocycles. The summed E-state index contributed by atoms with van der Waals surface area (Å²) in [5.74, 6) is 1.19.